The summed E-state index contributed by atoms with van der Waals surface area (Å²) >= 11 is 0. The SMILES string of the molecule is Cc1cc2c(cc1O[Si](C)(C)C(C)(C)C)[C@H](CCO[Si](c1ccccc1)(c1ccccc1)C(C)(C)C)C[C@@H](C(C)(C)O)O2. The number of benzene rings is 3. The van der Waals surface area contributed by atoms with E-state index < -0.39 is 22.2 Å². The molecule has 2 atom stereocenters. The van der Waals surface area contributed by atoms with Gasteiger partial charge in [0.2, 0.25) is 8.32 Å². The van der Waals surface area contributed by atoms with E-state index in [-0.39, 0.29) is 22.1 Å². The van der Waals surface area contributed by atoms with E-state index in [1.165, 1.54) is 10.4 Å². The van der Waals surface area contributed by atoms with Crippen LogP contribution in [0.4, 0.5) is 0 Å². The summed E-state index contributed by atoms with van der Waals surface area (Å²) in [6.45, 7) is 24.8. The zero-order valence-electron chi connectivity index (χ0n) is 28.4. The quantitative estimate of drug-likeness (QED) is 0.245. The van der Waals surface area contributed by atoms with Gasteiger partial charge in [-0.3, -0.25) is 0 Å². The Balaban J connectivity index is 1.72. The molecule has 43 heavy (non-hydrogen) atoms. The largest absolute Gasteiger partial charge is 0.543 e. The molecule has 0 bridgehead atoms. The lowest BCUT2D eigenvalue weighted by molar-refractivity contribution is -0.0480. The van der Waals surface area contributed by atoms with E-state index in [0.717, 1.165) is 35.5 Å². The first-order chi connectivity index (χ1) is 19.9. The van der Waals surface area contributed by atoms with Crippen LogP contribution in [0.5, 0.6) is 11.5 Å². The van der Waals surface area contributed by atoms with Gasteiger partial charge in [-0.2, -0.15) is 0 Å². The van der Waals surface area contributed by atoms with Crippen molar-refractivity contribution < 1.29 is 18.7 Å². The first-order valence-electron chi connectivity index (χ1n) is 15.8. The number of rotatable bonds is 9. The molecule has 1 aliphatic rings. The van der Waals surface area contributed by atoms with Gasteiger partial charge in [0.15, 0.2) is 0 Å². The molecule has 0 saturated heterocycles. The fraction of sp³-hybridized carbons (Fsp3) is 0.514. The van der Waals surface area contributed by atoms with E-state index in [1.807, 2.05) is 13.8 Å². The third-order valence-corrected chi connectivity index (χ3v) is 19.1. The normalized spacial score (nSPS) is 18.1. The summed E-state index contributed by atoms with van der Waals surface area (Å²) in [7, 11) is -4.69. The van der Waals surface area contributed by atoms with Gasteiger partial charge in [0.05, 0.1) is 5.60 Å². The second-order valence-electron chi connectivity index (χ2n) is 15.5. The molecule has 0 aromatic heterocycles. The molecule has 3 aromatic rings. The van der Waals surface area contributed by atoms with Crippen molar-refractivity contribution in [3.05, 3.63) is 83.9 Å². The summed E-state index contributed by atoms with van der Waals surface area (Å²) in [6.07, 6.45) is 1.25. The number of aliphatic hydroxyl groups is 1. The topological polar surface area (TPSA) is 47.9 Å². The maximum Gasteiger partial charge on any atom is 0.261 e. The monoisotopic (exact) mass is 618 g/mol. The number of fused-ring (bicyclic) bond motifs is 1. The zero-order valence-corrected chi connectivity index (χ0v) is 30.4. The van der Waals surface area contributed by atoms with Gasteiger partial charge >= 0.3 is 0 Å². The molecule has 0 fully saturated rings. The highest BCUT2D eigenvalue weighted by molar-refractivity contribution is 6.99. The second-order valence-corrected chi connectivity index (χ2v) is 24.5. The third-order valence-electron chi connectivity index (χ3n) is 9.68. The molecule has 6 heteroatoms. The maximum absolute atomic E-state index is 11.0. The molecule has 0 spiro atoms. The van der Waals surface area contributed by atoms with E-state index in [4.69, 9.17) is 13.6 Å². The van der Waals surface area contributed by atoms with E-state index in [9.17, 15) is 5.11 Å². The molecule has 234 valence electrons. The smallest absolute Gasteiger partial charge is 0.261 e. The molecule has 0 aliphatic carbocycles. The Labute approximate surface area is 263 Å². The molecule has 3 aromatic carbocycles. The van der Waals surface area contributed by atoms with Crippen LogP contribution in [-0.4, -0.2) is 40.1 Å². The van der Waals surface area contributed by atoms with Crippen LogP contribution in [0, 0.1) is 6.92 Å². The molecule has 4 nitrogen and oxygen atoms in total. The molecule has 0 unspecified atom stereocenters. The molecule has 1 N–H and O–H groups in total. The predicted octanol–water partition coefficient (Wildman–Crippen LogP) is 8.35. The summed E-state index contributed by atoms with van der Waals surface area (Å²) in [5.74, 6) is 1.98. The average Bonchev–Trinajstić information content (AvgIpc) is 2.90. The van der Waals surface area contributed by atoms with Crippen LogP contribution in [0.2, 0.25) is 23.2 Å². The first kappa shape index (κ1) is 33.5. The zero-order chi connectivity index (χ0) is 31.8. The van der Waals surface area contributed by atoms with Gasteiger partial charge in [-0.1, -0.05) is 102 Å². The van der Waals surface area contributed by atoms with Crippen LogP contribution in [0.25, 0.3) is 0 Å². The van der Waals surface area contributed by atoms with Gasteiger partial charge < -0.3 is 18.7 Å². The van der Waals surface area contributed by atoms with Crippen LogP contribution >= 0.6 is 0 Å². The lowest BCUT2D eigenvalue weighted by atomic mass is 9.82. The Morgan fingerprint density at radius 1 is 0.814 bits per heavy atom. The van der Waals surface area contributed by atoms with Crippen LogP contribution in [0.3, 0.4) is 0 Å². The summed E-state index contributed by atoms with van der Waals surface area (Å²) in [5.41, 5.74) is 1.27. The Hall–Kier alpha value is -2.39. The highest BCUT2D eigenvalue weighted by atomic mass is 28.4. The lowest BCUT2D eigenvalue weighted by Crippen LogP contribution is -2.66. The minimum atomic E-state index is -2.65. The van der Waals surface area contributed by atoms with Gasteiger partial charge in [0.1, 0.15) is 17.6 Å². The van der Waals surface area contributed by atoms with Crippen LogP contribution in [-0.2, 0) is 4.43 Å². The minimum Gasteiger partial charge on any atom is -0.543 e. The summed E-state index contributed by atoms with van der Waals surface area (Å²) in [5, 5.41) is 13.6. The fourth-order valence-electron chi connectivity index (χ4n) is 6.04. The van der Waals surface area contributed by atoms with Crippen molar-refractivity contribution in [1.29, 1.82) is 0 Å². The Kier molecular flexibility index (Phi) is 9.50. The van der Waals surface area contributed by atoms with Gasteiger partial charge in [-0.25, -0.2) is 0 Å². The minimum absolute atomic E-state index is 0.0831. The molecule has 0 amide bonds. The maximum atomic E-state index is 11.0. The highest BCUT2D eigenvalue weighted by Crippen LogP contribution is 2.46. The fourth-order valence-corrected chi connectivity index (χ4v) is 11.7. The van der Waals surface area contributed by atoms with E-state index in [2.05, 4.69) is 134 Å². The molecular formula is C37H54O4Si2. The Morgan fingerprint density at radius 2 is 1.35 bits per heavy atom. The number of hydrogen-bond acceptors (Lipinski definition) is 4. The van der Waals surface area contributed by atoms with Crippen LogP contribution in [0.15, 0.2) is 72.8 Å². The van der Waals surface area contributed by atoms with Gasteiger partial charge in [0, 0.05) is 12.2 Å². The van der Waals surface area contributed by atoms with Crippen molar-refractivity contribution in [1.82, 2.24) is 0 Å². The van der Waals surface area contributed by atoms with Crippen molar-refractivity contribution in [3.63, 3.8) is 0 Å². The van der Waals surface area contributed by atoms with Gasteiger partial charge in [-0.15, -0.1) is 0 Å². The highest BCUT2D eigenvalue weighted by Gasteiger charge is 2.50. The molecular weight excluding hydrogens is 565 g/mol. The summed E-state index contributed by atoms with van der Waals surface area (Å²) in [4.78, 5) is 0. The molecule has 0 saturated carbocycles. The molecule has 0 radical (unpaired) electrons. The van der Waals surface area contributed by atoms with Crippen molar-refractivity contribution in [2.75, 3.05) is 6.61 Å². The van der Waals surface area contributed by atoms with Crippen LogP contribution in [0.1, 0.15) is 85.3 Å². The van der Waals surface area contributed by atoms with Crippen molar-refractivity contribution in [3.8, 4) is 11.5 Å². The summed E-state index contributed by atoms with van der Waals surface area (Å²) < 4.78 is 20.6. The predicted molar refractivity (Wildman–Crippen MR) is 185 cm³/mol. The van der Waals surface area contributed by atoms with E-state index in [0.29, 0.717) is 6.61 Å². The van der Waals surface area contributed by atoms with Gasteiger partial charge in [-0.05, 0) is 90.8 Å². The first-order valence-corrected chi connectivity index (χ1v) is 20.7. The number of hydrogen-bond donors (Lipinski definition) is 1. The second kappa shape index (κ2) is 12.2. The van der Waals surface area contributed by atoms with Crippen molar-refractivity contribution in [2.24, 2.45) is 0 Å². The molecule has 1 aliphatic heterocycles. The third kappa shape index (κ3) is 6.98. The Bertz CT molecular complexity index is 1330. The molecule has 4 rings (SSSR count). The van der Waals surface area contributed by atoms with Gasteiger partial charge in [0.25, 0.3) is 8.32 Å². The van der Waals surface area contributed by atoms with Crippen molar-refractivity contribution in [2.45, 2.75) is 116 Å². The van der Waals surface area contributed by atoms with E-state index >= 15 is 0 Å². The Morgan fingerprint density at radius 3 is 1.81 bits per heavy atom. The summed E-state index contributed by atoms with van der Waals surface area (Å²) in [6, 6.07) is 26.0. The number of ether oxygens (including phenoxy) is 1. The van der Waals surface area contributed by atoms with E-state index in [1.54, 1.807) is 0 Å². The van der Waals surface area contributed by atoms with Crippen molar-refractivity contribution >= 4 is 27.0 Å². The van der Waals surface area contributed by atoms with Crippen LogP contribution < -0.4 is 19.5 Å². The average molecular weight is 619 g/mol. The lowest BCUT2D eigenvalue weighted by Gasteiger charge is -2.44. The standard InChI is InChI=1S/C37H54O4Si2/c1-27-24-33-31(26-32(27)41-42(10,11)35(2,3)4)28(25-34(40-33)37(8,9)38)22-23-39-43(36(5,6)7,29-18-14-12-15-19-29)30-20-16-13-17-21-30/h12-21,24,26,28,34,38H,22-23,25H2,1-11H3/t28-,34+/m1/s1. The number of aryl methyl sites for hydroxylation is 1. The molecule has 1 heterocycles.